The fraction of sp³-hybridized carbons (Fsp3) is 0.381. The number of likely N-dealkylation sites (tertiary alicyclic amines) is 1. The van der Waals surface area contributed by atoms with Gasteiger partial charge < -0.3 is 15.3 Å². The molecule has 0 radical (unpaired) electrons. The molecule has 0 saturated carbocycles. The molecule has 1 aliphatic rings. The summed E-state index contributed by atoms with van der Waals surface area (Å²) in [4.78, 5) is 15.4. The lowest BCUT2D eigenvalue weighted by molar-refractivity contribution is -0.136. The van der Waals surface area contributed by atoms with Crippen molar-refractivity contribution < 1.29 is 9.90 Å². The number of hydrogen-bond donors (Lipinski definition) is 2. The zero-order valence-electron chi connectivity index (χ0n) is 14.7. The van der Waals surface area contributed by atoms with Crippen LogP contribution < -0.4 is 5.32 Å². The van der Waals surface area contributed by atoms with Crippen LogP contribution in [0.4, 0.5) is 0 Å². The Hall–Kier alpha value is -2.17. The Balaban J connectivity index is 1.79. The van der Waals surface area contributed by atoms with E-state index >= 15 is 0 Å². The summed E-state index contributed by atoms with van der Waals surface area (Å²) in [5, 5.41) is 14.4. The highest BCUT2D eigenvalue weighted by molar-refractivity contribution is 5.90. The third-order valence-electron chi connectivity index (χ3n) is 5.08. The summed E-state index contributed by atoms with van der Waals surface area (Å²) in [6.45, 7) is 5.88. The molecular formula is C21H26N2O2. The first-order valence-electron chi connectivity index (χ1n) is 8.98. The second-order valence-corrected chi connectivity index (χ2v) is 6.70. The molecule has 1 unspecified atom stereocenters. The van der Waals surface area contributed by atoms with Crippen LogP contribution in [0.2, 0.25) is 0 Å². The lowest BCUT2D eigenvalue weighted by Gasteiger charge is -2.28. The second kappa shape index (κ2) is 7.81. The molecule has 4 heteroatoms. The van der Waals surface area contributed by atoms with Crippen LogP contribution >= 0.6 is 0 Å². The lowest BCUT2D eigenvalue weighted by Crippen LogP contribution is -2.47. The highest BCUT2D eigenvalue weighted by atomic mass is 16.3. The van der Waals surface area contributed by atoms with E-state index in [-0.39, 0.29) is 5.91 Å². The van der Waals surface area contributed by atoms with Crippen LogP contribution in [0.1, 0.15) is 24.5 Å². The van der Waals surface area contributed by atoms with E-state index in [9.17, 15) is 9.90 Å². The van der Waals surface area contributed by atoms with E-state index in [1.807, 2.05) is 36.4 Å². The minimum absolute atomic E-state index is 0.361. The fourth-order valence-corrected chi connectivity index (χ4v) is 3.52. The van der Waals surface area contributed by atoms with Gasteiger partial charge in [-0.25, -0.2) is 0 Å². The first-order valence-corrected chi connectivity index (χ1v) is 8.98. The molecule has 2 N–H and O–H groups in total. The Morgan fingerprint density at radius 1 is 1.12 bits per heavy atom. The number of carbonyl (C=O) groups is 1. The quantitative estimate of drug-likeness (QED) is 0.850. The number of aliphatic hydroxyl groups is 1. The molecule has 132 valence electrons. The number of rotatable bonds is 6. The molecule has 2 aromatic rings. The standard InChI is InChI=1S/C21H26N2O2/c1-2-23-14-13-17(16-23)15-22-20(24)21(25,18-9-5-3-6-10-18)19-11-7-4-8-12-19/h3-12,17,25H,2,13-16H2,1H3,(H,22,24). The molecular weight excluding hydrogens is 312 g/mol. The van der Waals surface area contributed by atoms with Gasteiger partial charge in [0.2, 0.25) is 0 Å². The van der Waals surface area contributed by atoms with Gasteiger partial charge in [-0.15, -0.1) is 0 Å². The molecule has 1 aliphatic heterocycles. The van der Waals surface area contributed by atoms with Gasteiger partial charge in [-0.2, -0.15) is 0 Å². The summed E-state index contributed by atoms with van der Waals surface area (Å²) in [6.07, 6.45) is 1.09. The smallest absolute Gasteiger partial charge is 0.261 e. The number of amides is 1. The molecule has 0 spiro atoms. The van der Waals surface area contributed by atoms with Crippen molar-refractivity contribution in [1.29, 1.82) is 0 Å². The molecule has 1 heterocycles. The highest BCUT2D eigenvalue weighted by Gasteiger charge is 2.40. The van der Waals surface area contributed by atoms with Gasteiger partial charge in [0.25, 0.3) is 5.91 Å². The van der Waals surface area contributed by atoms with Crippen LogP contribution in [0.5, 0.6) is 0 Å². The van der Waals surface area contributed by atoms with Crippen LogP contribution in [0.15, 0.2) is 60.7 Å². The molecule has 4 nitrogen and oxygen atoms in total. The van der Waals surface area contributed by atoms with Gasteiger partial charge in [0.15, 0.2) is 5.60 Å². The summed E-state index contributed by atoms with van der Waals surface area (Å²) in [6, 6.07) is 18.3. The lowest BCUT2D eigenvalue weighted by atomic mass is 9.85. The monoisotopic (exact) mass is 338 g/mol. The molecule has 0 bridgehead atoms. The molecule has 1 amide bonds. The predicted molar refractivity (Wildman–Crippen MR) is 99.1 cm³/mol. The maximum atomic E-state index is 13.0. The number of nitrogens with zero attached hydrogens (tertiary/aromatic N) is 1. The number of benzene rings is 2. The Labute approximate surface area is 149 Å². The van der Waals surface area contributed by atoms with Crippen LogP contribution in [0, 0.1) is 5.92 Å². The first-order chi connectivity index (χ1) is 12.1. The SMILES string of the molecule is CCN1CCC(CNC(=O)C(O)(c2ccccc2)c2ccccc2)C1. The predicted octanol–water partition coefficient (Wildman–Crippen LogP) is 2.38. The van der Waals surface area contributed by atoms with Gasteiger partial charge in [0.1, 0.15) is 0 Å². The molecule has 0 aliphatic carbocycles. The summed E-state index contributed by atoms with van der Waals surface area (Å²) >= 11 is 0. The second-order valence-electron chi connectivity index (χ2n) is 6.70. The van der Waals surface area contributed by atoms with Gasteiger partial charge in [0.05, 0.1) is 0 Å². The van der Waals surface area contributed by atoms with Crippen LogP contribution in [-0.2, 0) is 10.4 Å². The van der Waals surface area contributed by atoms with Crippen molar-refractivity contribution in [1.82, 2.24) is 10.2 Å². The van der Waals surface area contributed by atoms with E-state index in [4.69, 9.17) is 0 Å². The van der Waals surface area contributed by atoms with Crippen molar-refractivity contribution in [3.63, 3.8) is 0 Å². The van der Waals surface area contributed by atoms with Gasteiger partial charge in [0, 0.05) is 13.1 Å². The zero-order chi connectivity index (χ0) is 17.7. The highest BCUT2D eigenvalue weighted by Crippen LogP contribution is 2.30. The maximum Gasteiger partial charge on any atom is 0.261 e. The Morgan fingerprint density at radius 2 is 1.68 bits per heavy atom. The number of carbonyl (C=O) groups excluding carboxylic acids is 1. The molecule has 1 fully saturated rings. The largest absolute Gasteiger partial charge is 0.372 e. The van der Waals surface area contributed by atoms with Crippen LogP contribution in [0.25, 0.3) is 0 Å². The van der Waals surface area contributed by atoms with E-state index in [1.54, 1.807) is 24.3 Å². The van der Waals surface area contributed by atoms with E-state index < -0.39 is 5.60 Å². The van der Waals surface area contributed by atoms with Crippen LogP contribution in [0.3, 0.4) is 0 Å². The molecule has 3 rings (SSSR count). The van der Waals surface area contributed by atoms with Crippen molar-refractivity contribution in [2.75, 3.05) is 26.2 Å². The van der Waals surface area contributed by atoms with Gasteiger partial charge >= 0.3 is 0 Å². The summed E-state index contributed by atoms with van der Waals surface area (Å²) in [7, 11) is 0. The molecule has 25 heavy (non-hydrogen) atoms. The van der Waals surface area contributed by atoms with Gasteiger partial charge in [-0.1, -0.05) is 67.6 Å². The van der Waals surface area contributed by atoms with Crippen molar-refractivity contribution in [2.24, 2.45) is 5.92 Å². The Kier molecular flexibility index (Phi) is 5.51. The van der Waals surface area contributed by atoms with E-state index in [0.29, 0.717) is 23.6 Å². The zero-order valence-corrected chi connectivity index (χ0v) is 14.7. The Bertz CT molecular complexity index is 648. The minimum Gasteiger partial charge on any atom is -0.372 e. The molecule has 1 atom stereocenters. The first kappa shape index (κ1) is 17.6. The summed E-state index contributed by atoms with van der Waals surface area (Å²) in [5.74, 6) is 0.0829. The van der Waals surface area contributed by atoms with Crippen molar-refractivity contribution in [3.05, 3.63) is 71.8 Å². The minimum atomic E-state index is -1.68. The summed E-state index contributed by atoms with van der Waals surface area (Å²) < 4.78 is 0. The van der Waals surface area contributed by atoms with E-state index in [1.165, 1.54) is 0 Å². The van der Waals surface area contributed by atoms with Crippen molar-refractivity contribution in [2.45, 2.75) is 18.9 Å². The van der Waals surface area contributed by atoms with Crippen LogP contribution in [-0.4, -0.2) is 42.1 Å². The topological polar surface area (TPSA) is 52.6 Å². The fourth-order valence-electron chi connectivity index (χ4n) is 3.52. The molecule has 2 aromatic carbocycles. The average molecular weight is 338 g/mol. The summed E-state index contributed by atoms with van der Waals surface area (Å²) in [5.41, 5.74) is -0.508. The van der Waals surface area contributed by atoms with Crippen molar-refractivity contribution >= 4 is 5.91 Å². The van der Waals surface area contributed by atoms with Gasteiger partial charge in [-0.05, 0) is 36.6 Å². The van der Waals surface area contributed by atoms with Gasteiger partial charge in [-0.3, -0.25) is 4.79 Å². The van der Waals surface area contributed by atoms with E-state index in [0.717, 1.165) is 26.1 Å². The third kappa shape index (κ3) is 3.75. The maximum absolute atomic E-state index is 13.0. The normalized spacial score (nSPS) is 18.2. The number of nitrogens with one attached hydrogen (secondary N) is 1. The Morgan fingerprint density at radius 3 is 2.16 bits per heavy atom. The number of hydrogen-bond acceptors (Lipinski definition) is 3. The van der Waals surface area contributed by atoms with Crippen molar-refractivity contribution in [3.8, 4) is 0 Å². The molecule has 0 aromatic heterocycles. The van der Waals surface area contributed by atoms with E-state index in [2.05, 4.69) is 17.1 Å². The third-order valence-corrected chi connectivity index (χ3v) is 5.08. The average Bonchev–Trinajstić information content (AvgIpc) is 3.15. The molecule has 1 saturated heterocycles.